The molecule has 9 heteroatoms. The Kier molecular flexibility index (Phi) is 7.34. The van der Waals surface area contributed by atoms with Crippen molar-refractivity contribution in [2.75, 3.05) is 18.0 Å². The zero-order valence-electron chi connectivity index (χ0n) is 17.6. The SMILES string of the molecule is C=Nc1c(C#N)ccc(N2CC(NC3CCC(O)CC3)CC(C(F)(F)F)C2)c1N=CC. The number of hydrogen-bond donors (Lipinski definition) is 2. The highest BCUT2D eigenvalue weighted by molar-refractivity contribution is 5.86. The van der Waals surface area contributed by atoms with Gasteiger partial charge >= 0.3 is 6.18 Å². The minimum atomic E-state index is -4.32. The average Bonchev–Trinajstić information content (AvgIpc) is 2.74. The fourth-order valence-corrected chi connectivity index (χ4v) is 4.56. The standard InChI is InChI=1S/C22H28F3N5O/c1-3-28-21-19(9-4-14(11-26)20(21)27-2)30-12-15(22(23,24)25)10-17(13-30)29-16-5-7-18(31)8-6-16/h3-4,9,15-18,29,31H,2,5-8,10,12-13H2,1H3. The Morgan fingerprint density at radius 2 is 1.90 bits per heavy atom. The molecule has 0 radical (unpaired) electrons. The molecule has 1 aromatic rings. The lowest BCUT2D eigenvalue weighted by Gasteiger charge is -2.42. The van der Waals surface area contributed by atoms with E-state index in [1.54, 1.807) is 24.0 Å². The van der Waals surface area contributed by atoms with Gasteiger partial charge in [0.25, 0.3) is 0 Å². The molecule has 1 aliphatic heterocycles. The lowest BCUT2D eigenvalue weighted by Crippen LogP contribution is -2.55. The minimum Gasteiger partial charge on any atom is -0.393 e. The van der Waals surface area contributed by atoms with Gasteiger partial charge in [-0.1, -0.05) is 0 Å². The third-order valence-corrected chi connectivity index (χ3v) is 6.09. The van der Waals surface area contributed by atoms with Gasteiger partial charge in [-0.25, -0.2) is 0 Å². The fourth-order valence-electron chi connectivity index (χ4n) is 4.56. The lowest BCUT2D eigenvalue weighted by atomic mass is 9.89. The second kappa shape index (κ2) is 9.79. The van der Waals surface area contributed by atoms with Crippen LogP contribution in [0.1, 0.15) is 44.6 Å². The molecule has 31 heavy (non-hydrogen) atoms. The number of nitrogens with zero attached hydrogens (tertiary/aromatic N) is 4. The van der Waals surface area contributed by atoms with Crippen LogP contribution < -0.4 is 10.2 Å². The van der Waals surface area contributed by atoms with Crippen LogP contribution in [0.3, 0.4) is 0 Å². The summed E-state index contributed by atoms with van der Waals surface area (Å²) in [5.74, 6) is -1.48. The molecule has 1 saturated heterocycles. The van der Waals surface area contributed by atoms with Gasteiger partial charge in [0.15, 0.2) is 0 Å². The molecule has 1 saturated carbocycles. The molecule has 6 nitrogen and oxygen atoms in total. The number of halogens is 3. The molecule has 2 aliphatic rings. The van der Waals surface area contributed by atoms with Crippen LogP contribution in [0.4, 0.5) is 30.2 Å². The van der Waals surface area contributed by atoms with Crippen LogP contribution >= 0.6 is 0 Å². The Hall–Kier alpha value is -2.44. The zero-order chi connectivity index (χ0) is 22.6. The van der Waals surface area contributed by atoms with Gasteiger partial charge in [-0.2, -0.15) is 18.4 Å². The second-order valence-corrected chi connectivity index (χ2v) is 8.23. The van der Waals surface area contributed by atoms with Gasteiger partial charge in [0, 0.05) is 31.4 Å². The lowest BCUT2D eigenvalue weighted by molar-refractivity contribution is -0.177. The van der Waals surface area contributed by atoms with Gasteiger partial charge in [0.1, 0.15) is 17.4 Å². The van der Waals surface area contributed by atoms with Crippen LogP contribution in [-0.2, 0) is 0 Å². The van der Waals surface area contributed by atoms with Crippen LogP contribution in [0.25, 0.3) is 0 Å². The summed E-state index contributed by atoms with van der Waals surface area (Å²) < 4.78 is 41.3. The van der Waals surface area contributed by atoms with E-state index >= 15 is 0 Å². The van der Waals surface area contributed by atoms with Crippen molar-refractivity contribution in [2.45, 2.75) is 63.4 Å². The van der Waals surface area contributed by atoms with E-state index in [-0.39, 0.29) is 42.4 Å². The monoisotopic (exact) mass is 435 g/mol. The number of rotatable bonds is 5. The Morgan fingerprint density at radius 3 is 2.48 bits per heavy atom. The van der Waals surface area contributed by atoms with Crippen LogP contribution in [0.2, 0.25) is 0 Å². The summed E-state index contributed by atoms with van der Waals surface area (Å²) in [6.45, 7) is 5.42. The van der Waals surface area contributed by atoms with Gasteiger partial charge in [0.2, 0.25) is 0 Å². The molecule has 168 valence electrons. The molecule has 1 heterocycles. The van der Waals surface area contributed by atoms with Crippen molar-refractivity contribution in [3.8, 4) is 6.07 Å². The number of nitriles is 1. The predicted octanol–water partition coefficient (Wildman–Crippen LogP) is 4.26. The summed E-state index contributed by atoms with van der Waals surface area (Å²) in [5.41, 5.74) is 1.43. The number of benzene rings is 1. The molecular weight excluding hydrogens is 407 g/mol. The summed E-state index contributed by atoms with van der Waals surface area (Å²) in [5, 5.41) is 22.5. The van der Waals surface area contributed by atoms with E-state index in [0.29, 0.717) is 30.8 Å². The highest BCUT2D eigenvalue weighted by atomic mass is 19.4. The van der Waals surface area contributed by atoms with Gasteiger partial charge in [-0.3, -0.25) is 9.98 Å². The van der Waals surface area contributed by atoms with Crippen molar-refractivity contribution in [2.24, 2.45) is 15.9 Å². The second-order valence-electron chi connectivity index (χ2n) is 8.23. The largest absolute Gasteiger partial charge is 0.393 e. The summed E-state index contributed by atoms with van der Waals surface area (Å²) in [6, 6.07) is 4.98. The Morgan fingerprint density at radius 1 is 1.19 bits per heavy atom. The minimum absolute atomic E-state index is 0.00821. The van der Waals surface area contributed by atoms with Gasteiger partial charge in [0.05, 0.1) is 23.3 Å². The molecule has 2 fully saturated rings. The third-order valence-electron chi connectivity index (χ3n) is 6.09. The maximum absolute atomic E-state index is 13.8. The van der Waals surface area contributed by atoms with E-state index in [4.69, 9.17) is 0 Å². The third kappa shape index (κ3) is 5.43. The summed E-state index contributed by atoms with van der Waals surface area (Å²) in [4.78, 5) is 9.93. The number of aliphatic hydroxyl groups is 1. The number of aliphatic hydroxyl groups excluding tert-OH is 1. The molecule has 0 aromatic heterocycles. The first-order chi connectivity index (χ1) is 14.8. The zero-order valence-corrected chi connectivity index (χ0v) is 17.6. The maximum Gasteiger partial charge on any atom is 0.393 e. The van der Waals surface area contributed by atoms with Crippen molar-refractivity contribution in [1.29, 1.82) is 5.26 Å². The number of piperidine rings is 1. The Bertz CT molecular complexity index is 856. The number of anilines is 1. The van der Waals surface area contributed by atoms with E-state index in [1.807, 2.05) is 6.07 Å². The van der Waals surface area contributed by atoms with Crippen LogP contribution in [0.5, 0.6) is 0 Å². The molecule has 2 unspecified atom stereocenters. The van der Waals surface area contributed by atoms with Crippen LogP contribution in [-0.4, -0.2) is 55.5 Å². The average molecular weight is 435 g/mol. The number of hydrogen-bond acceptors (Lipinski definition) is 6. The molecular formula is C22H28F3N5O. The van der Waals surface area contributed by atoms with Crippen molar-refractivity contribution in [1.82, 2.24) is 5.32 Å². The van der Waals surface area contributed by atoms with Crippen molar-refractivity contribution in [3.05, 3.63) is 17.7 Å². The highest BCUT2D eigenvalue weighted by Gasteiger charge is 2.45. The first-order valence-electron chi connectivity index (χ1n) is 10.5. The van der Waals surface area contributed by atoms with Gasteiger partial charge in [-0.15, -0.1) is 0 Å². The van der Waals surface area contributed by atoms with E-state index < -0.39 is 12.1 Å². The maximum atomic E-state index is 13.8. The van der Waals surface area contributed by atoms with Gasteiger partial charge in [-0.05, 0) is 57.9 Å². The molecule has 0 spiro atoms. The van der Waals surface area contributed by atoms with E-state index in [1.165, 1.54) is 6.21 Å². The van der Waals surface area contributed by atoms with E-state index in [2.05, 4.69) is 22.0 Å². The normalized spacial score (nSPS) is 27.3. The number of aliphatic imine (C=N–C) groups is 2. The number of nitrogens with one attached hydrogen (secondary N) is 1. The van der Waals surface area contributed by atoms with E-state index in [0.717, 1.165) is 12.8 Å². The summed E-state index contributed by atoms with van der Waals surface area (Å²) in [7, 11) is 0. The summed E-state index contributed by atoms with van der Waals surface area (Å²) >= 11 is 0. The molecule has 2 N–H and O–H groups in total. The molecule has 1 aromatic carbocycles. The highest BCUT2D eigenvalue weighted by Crippen LogP contribution is 2.43. The van der Waals surface area contributed by atoms with E-state index in [9.17, 15) is 23.5 Å². The Balaban J connectivity index is 1.92. The summed E-state index contributed by atoms with van der Waals surface area (Å²) in [6.07, 6.45) is -0.269. The van der Waals surface area contributed by atoms with Crippen LogP contribution in [0, 0.1) is 17.2 Å². The van der Waals surface area contributed by atoms with Crippen molar-refractivity contribution in [3.63, 3.8) is 0 Å². The van der Waals surface area contributed by atoms with Crippen molar-refractivity contribution < 1.29 is 18.3 Å². The molecule has 0 bridgehead atoms. The molecule has 3 rings (SSSR count). The molecule has 1 aliphatic carbocycles. The quantitative estimate of drug-likeness (QED) is 0.677. The smallest absolute Gasteiger partial charge is 0.393 e. The first kappa shape index (κ1) is 23.2. The topological polar surface area (TPSA) is 84.0 Å². The Labute approximate surface area is 180 Å². The predicted molar refractivity (Wildman–Crippen MR) is 116 cm³/mol. The molecule has 2 atom stereocenters. The fraction of sp³-hybridized carbons (Fsp3) is 0.591. The van der Waals surface area contributed by atoms with Crippen LogP contribution in [0.15, 0.2) is 22.1 Å². The van der Waals surface area contributed by atoms with Crippen molar-refractivity contribution >= 4 is 30.0 Å². The first-order valence-corrected chi connectivity index (χ1v) is 10.5. The number of alkyl halides is 3. The van der Waals surface area contributed by atoms with Gasteiger partial charge < -0.3 is 15.3 Å². The molecule has 0 amide bonds.